The van der Waals surface area contributed by atoms with Gasteiger partial charge in [0.2, 0.25) is 0 Å². The van der Waals surface area contributed by atoms with Gasteiger partial charge in [-0.3, -0.25) is 0 Å². The van der Waals surface area contributed by atoms with E-state index in [2.05, 4.69) is 19.2 Å². The Bertz CT molecular complexity index is 369. The number of nitrogens with one attached hydrogen (secondary N) is 1. The summed E-state index contributed by atoms with van der Waals surface area (Å²) in [5.74, 6) is 0.757. The number of hydrogen-bond donors (Lipinski definition) is 1. The molecule has 0 saturated heterocycles. The molecule has 1 aromatic carbocycles. The van der Waals surface area contributed by atoms with Gasteiger partial charge in [-0.15, -0.1) is 0 Å². The first-order valence-corrected chi connectivity index (χ1v) is 7.15. The van der Waals surface area contributed by atoms with Crippen LogP contribution in [0.3, 0.4) is 0 Å². The Hall–Kier alpha value is -0.770. The lowest BCUT2D eigenvalue weighted by atomic mass is 10.2. The highest BCUT2D eigenvalue weighted by atomic mass is 35.5. The van der Waals surface area contributed by atoms with Crippen molar-refractivity contribution in [1.29, 1.82) is 0 Å². The summed E-state index contributed by atoms with van der Waals surface area (Å²) in [6.45, 7) is 6.52. The van der Waals surface area contributed by atoms with Crippen molar-refractivity contribution in [3.05, 3.63) is 28.8 Å². The van der Waals surface area contributed by atoms with Gasteiger partial charge in [-0.25, -0.2) is 0 Å². The average Bonchev–Trinajstić information content (AvgIpc) is 2.38. The predicted octanol–water partition coefficient (Wildman–Crippen LogP) is 3.64. The molecule has 0 aromatic heterocycles. The molecule has 0 fully saturated rings. The van der Waals surface area contributed by atoms with Crippen LogP contribution < -0.4 is 10.1 Å². The van der Waals surface area contributed by atoms with E-state index in [0.29, 0.717) is 17.7 Å². The van der Waals surface area contributed by atoms with E-state index in [1.165, 1.54) is 5.56 Å². The molecule has 1 N–H and O–H groups in total. The Kier molecular flexibility index (Phi) is 7.87. The number of rotatable bonds is 9. The van der Waals surface area contributed by atoms with Crippen molar-refractivity contribution in [2.45, 2.75) is 39.3 Å². The highest BCUT2D eigenvalue weighted by Gasteiger charge is 2.03. The van der Waals surface area contributed by atoms with E-state index in [1.54, 1.807) is 7.11 Å². The van der Waals surface area contributed by atoms with Crippen LogP contribution in [0.25, 0.3) is 0 Å². The molecule has 108 valence electrons. The molecule has 0 aliphatic heterocycles. The van der Waals surface area contributed by atoms with Gasteiger partial charge in [0.15, 0.2) is 0 Å². The van der Waals surface area contributed by atoms with Gasteiger partial charge in [0.25, 0.3) is 0 Å². The molecule has 1 rings (SSSR count). The average molecular weight is 286 g/mol. The quantitative estimate of drug-likeness (QED) is 0.703. The topological polar surface area (TPSA) is 30.5 Å². The van der Waals surface area contributed by atoms with E-state index < -0.39 is 0 Å². The van der Waals surface area contributed by atoms with Crippen LogP contribution in [0, 0.1) is 0 Å². The maximum atomic E-state index is 6.21. The standard InChI is InChI=1S/C15H24ClNO2/c1-12(2)17-11-13-6-7-15(14(16)10-13)19-9-5-4-8-18-3/h6-7,10,12,17H,4-5,8-9,11H2,1-3H3. The monoisotopic (exact) mass is 285 g/mol. The number of halogens is 1. The summed E-state index contributed by atoms with van der Waals surface area (Å²) in [6, 6.07) is 6.42. The van der Waals surface area contributed by atoms with Crippen LogP contribution in [-0.4, -0.2) is 26.4 Å². The van der Waals surface area contributed by atoms with E-state index in [0.717, 1.165) is 31.7 Å². The number of hydrogen-bond acceptors (Lipinski definition) is 3. The maximum absolute atomic E-state index is 6.21. The fraction of sp³-hybridized carbons (Fsp3) is 0.600. The summed E-state index contributed by atoms with van der Waals surface area (Å²) in [5, 5.41) is 4.04. The highest BCUT2D eigenvalue weighted by molar-refractivity contribution is 6.32. The molecule has 4 heteroatoms. The Morgan fingerprint density at radius 1 is 1.21 bits per heavy atom. The molecule has 3 nitrogen and oxygen atoms in total. The first-order valence-electron chi connectivity index (χ1n) is 6.77. The molecule has 19 heavy (non-hydrogen) atoms. The van der Waals surface area contributed by atoms with Crippen molar-refractivity contribution in [2.75, 3.05) is 20.3 Å². The molecule has 0 aliphatic rings. The van der Waals surface area contributed by atoms with Crippen LogP contribution in [0.15, 0.2) is 18.2 Å². The van der Waals surface area contributed by atoms with Gasteiger partial charge < -0.3 is 14.8 Å². The molecule has 0 radical (unpaired) electrons. The maximum Gasteiger partial charge on any atom is 0.137 e. The van der Waals surface area contributed by atoms with Gasteiger partial charge >= 0.3 is 0 Å². The second kappa shape index (κ2) is 9.18. The van der Waals surface area contributed by atoms with Crippen LogP contribution in [0.2, 0.25) is 5.02 Å². The third-order valence-electron chi connectivity index (χ3n) is 2.71. The molecule has 0 heterocycles. The van der Waals surface area contributed by atoms with Gasteiger partial charge in [0.05, 0.1) is 11.6 Å². The van der Waals surface area contributed by atoms with Crippen LogP contribution in [-0.2, 0) is 11.3 Å². The molecule has 0 aliphatic carbocycles. The van der Waals surface area contributed by atoms with Crippen molar-refractivity contribution in [3.8, 4) is 5.75 Å². The minimum Gasteiger partial charge on any atom is -0.492 e. The van der Waals surface area contributed by atoms with Crippen LogP contribution in [0.1, 0.15) is 32.3 Å². The van der Waals surface area contributed by atoms with Crippen LogP contribution in [0.4, 0.5) is 0 Å². The first-order chi connectivity index (χ1) is 9.13. The number of methoxy groups -OCH3 is 1. The molecule has 0 unspecified atom stereocenters. The molecule has 0 amide bonds. The summed E-state index contributed by atoms with van der Waals surface area (Å²) in [7, 11) is 1.71. The lowest BCUT2D eigenvalue weighted by Gasteiger charge is -2.11. The zero-order valence-electron chi connectivity index (χ0n) is 12.0. The molecular formula is C15H24ClNO2. The van der Waals surface area contributed by atoms with Crippen molar-refractivity contribution < 1.29 is 9.47 Å². The third-order valence-corrected chi connectivity index (χ3v) is 3.01. The van der Waals surface area contributed by atoms with Gasteiger partial charge in [-0.05, 0) is 30.5 Å². The van der Waals surface area contributed by atoms with Gasteiger partial charge in [-0.2, -0.15) is 0 Å². The first kappa shape index (κ1) is 16.3. The second-order valence-corrected chi connectivity index (χ2v) is 5.26. The van der Waals surface area contributed by atoms with Crippen molar-refractivity contribution in [1.82, 2.24) is 5.32 Å². The predicted molar refractivity (Wildman–Crippen MR) is 80.0 cm³/mol. The lowest BCUT2D eigenvalue weighted by Crippen LogP contribution is -2.21. The number of ether oxygens (including phenoxy) is 2. The minimum absolute atomic E-state index is 0.468. The normalized spacial score (nSPS) is 11.0. The summed E-state index contributed by atoms with van der Waals surface area (Å²) < 4.78 is 10.6. The van der Waals surface area contributed by atoms with Gasteiger partial charge in [-0.1, -0.05) is 31.5 Å². The Morgan fingerprint density at radius 2 is 1.95 bits per heavy atom. The Labute approximate surface area is 121 Å². The van der Waals surface area contributed by atoms with Crippen molar-refractivity contribution >= 4 is 11.6 Å². The summed E-state index contributed by atoms with van der Waals surface area (Å²) in [5.41, 5.74) is 1.17. The second-order valence-electron chi connectivity index (χ2n) is 4.85. The van der Waals surface area contributed by atoms with E-state index >= 15 is 0 Å². The molecule has 0 atom stereocenters. The lowest BCUT2D eigenvalue weighted by molar-refractivity contribution is 0.184. The van der Waals surface area contributed by atoms with Crippen molar-refractivity contribution in [2.24, 2.45) is 0 Å². The SMILES string of the molecule is COCCCCOc1ccc(CNC(C)C)cc1Cl. The molecule has 0 bridgehead atoms. The summed E-state index contributed by atoms with van der Waals surface area (Å²) in [4.78, 5) is 0. The van der Waals surface area contributed by atoms with Crippen LogP contribution >= 0.6 is 11.6 Å². The van der Waals surface area contributed by atoms with Crippen molar-refractivity contribution in [3.63, 3.8) is 0 Å². The van der Waals surface area contributed by atoms with E-state index in [4.69, 9.17) is 21.1 Å². The van der Waals surface area contributed by atoms with E-state index in [-0.39, 0.29) is 0 Å². The molecule has 1 aromatic rings. The zero-order chi connectivity index (χ0) is 14.1. The van der Waals surface area contributed by atoms with E-state index in [1.807, 2.05) is 18.2 Å². The number of benzene rings is 1. The van der Waals surface area contributed by atoms with Crippen LogP contribution in [0.5, 0.6) is 5.75 Å². The van der Waals surface area contributed by atoms with Gasteiger partial charge in [0, 0.05) is 26.3 Å². The Morgan fingerprint density at radius 3 is 2.58 bits per heavy atom. The highest BCUT2D eigenvalue weighted by Crippen LogP contribution is 2.25. The van der Waals surface area contributed by atoms with Gasteiger partial charge in [0.1, 0.15) is 5.75 Å². The fourth-order valence-corrected chi connectivity index (χ4v) is 1.88. The largest absolute Gasteiger partial charge is 0.492 e. The molecule has 0 saturated carbocycles. The van der Waals surface area contributed by atoms with E-state index in [9.17, 15) is 0 Å². The fourth-order valence-electron chi connectivity index (χ4n) is 1.62. The smallest absolute Gasteiger partial charge is 0.137 e. The zero-order valence-corrected chi connectivity index (χ0v) is 12.8. The number of unbranched alkanes of at least 4 members (excludes halogenated alkanes) is 1. The molecule has 0 spiro atoms. The molecular weight excluding hydrogens is 262 g/mol. The third kappa shape index (κ3) is 6.81. The minimum atomic E-state index is 0.468. The Balaban J connectivity index is 2.39. The summed E-state index contributed by atoms with van der Waals surface area (Å²) >= 11 is 6.21. The summed E-state index contributed by atoms with van der Waals surface area (Å²) in [6.07, 6.45) is 1.98.